The predicted molar refractivity (Wildman–Crippen MR) is 112 cm³/mol. The summed E-state index contributed by atoms with van der Waals surface area (Å²) in [6.45, 7) is 2.31. The molecule has 1 aliphatic heterocycles. The zero-order chi connectivity index (χ0) is 21.3. The molecule has 3 aromatic rings. The van der Waals surface area contributed by atoms with Crippen molar-refractivity contribution in [3.63, 3.8) is 0 Å². The first kappa shape index (κ1) is 20.5. The van der Waals surface area contributed by atoms with E-state index in [4.69, 9.17) is 21.1 Å². The number of aryl methyl sites for hydroxylation is 1. The zero-order valence-corrected chi connectivity index (χ0v) is 17.1. The fourth-order valence-corrected chi connectivity index (χ4v) is 3.51. The lowest BCUT2D eigenvalue weighted by Gasteiger charge is -2.28. The Morgan fingerprint density at radius 3 is 2.67 bits per heavy atom. The number of halogens is 1. The number of rotatable bonds is 6. The molecule has 3 heterocycles. The van der Waals surface area contributed by atoms with Gasteiger partial charge < -0.3 is 24.0 Å². The van der Waals surface area contributed by atoms with E-state index >= 15 is 0 Å². The molecule has 1 aliphatic rings. The Balaban J connectivity index is 1.65. The van der Waals surface area contributed by atoms with Gasteiger partial charge in [-0.3, -0.25) is 14.3 Å². The number of H-pyrrole nitrogens is 1. The van der Waals surface area contributed by atoms with Crippen LogP contribution in [0.25, 0.3) is 11.2 Å². The molecule has 0 bridgehead atoms. The van der Waals surface area contributed by atoms with Crippen LogP contribution in [0.5, 0.6) is 5.75 Å². The summed E-state index contributed by atoms with van der Waals surface area (Å²) in [5, 5.41) is 11.2. The molecule has 1 saturated heterocycles. The highest BCUT2D eigenvalue weighted by Crippen LogP contribution is 2.21. The molecule has 0 amide bonds. The van der Waals surface area contributed by atoms with Gasteiger partial charge in [0.2, 0.25) is 5.95 Å². The first-order valence-corrected chi connectivity index (χ1v) is 9.90. The molecule has 1 fully saturated rings. The van der Waals surface area contributed by atoms with Crippen LogP contribution in [0.4, 0.5) is 5.95 Å². The number of aromatic amines is 1. The maximum Gasteiger partial charge on any atom is 0.329 e. The fraction of sp³-hybridized carbons (Fsp3) is 0.421. The van der Waals surface area contributed by atoms with Gasteiger partial charge in [0.1, 0.15) is 18.5 Å². The number of ether oxygens (including phenoxy) is 2. The molecular weight excluding hydrogens is 414 g/mol. The molecule has 4 rings (SSSR count). The predicted octanol–water partition coefficient (Wildman–Crippen LogP) is 0.353. The number of aliphatic hydroxyl groups is 1. The number of nitrogens with one attached hydrogen (secondary N) is 1. The lowest BCUT2D eigenvalue weighted by atomic mass is 10.3. The van der Waals surface area contributed by atoms with Crippen LogP contribution in [0, 0.1) is 0 Å². The summed E-state index contributed by atoms with van der Waals surface area (Å²) in [6.07, 6.45) is -0.922. The molecule has 160 valence electrons. The van der Waals surface area contributed by atoms with E-state index in [0.29, 0.717) is 43.0 Å². The van der Waals surface area contributed by atoms with Gasteiger partial charge in [0.15, 0.2) is 11.2 Å². The Hall–Kier alpha value is -2.82. The number of anilines is 1. The van der Waals surface area contributed by atoms with Gasteiger partial charge in [0, 0.05) is 25.2 Å². The second-order valence-electron chi connectivity index (χ2n) is 7.03. The van der Waals surface area contributed by atoms with Crippen molar-refractivity contribution in [2.45, 2.75) is 12.6 Å². The third-order valence-corrected chi connectivity index (χ3v) is 5.18. The molecule has 1 aromatic carbocycles. The highest BCUT2D eigenvalue weighted by molar-refractivity contribution is 6.30. The fourth-order valence-electron chi connectivity index (χ4n) is 3.39. The van der Waals surface area contributed by atoms with E-state index in [-0.39, 0.29) is 24.3 Å². The van der Waals surface area contributed by atoms with E-state index in [1.165, 1.54) is 4.57 Å². The largest absolute Gasteiger partial charge is 0.491 e. The van der Waals surface area contributed by atoms with E-state index in [2.05, 4.69) is 9.97 Å². The van der Waals surface area contributed by atoms with Crippen molar-refractivity contribution in [1.82, 2.24) is 19.1 Å². The van der Waals surface area contributed by atoms with Crippen LogP contribution < -0.4 is 20.9 Å². The SMILES string of the molecule is Cn1c(=O)[nH]c(=O)c2c1nc(N1CCOCC1)n2CC(O)COc1ccc(Cl)cc1. The number of nitrogens with zero attached hydrogens (tertiary/aromatic N) is 4. The average Bonchev–Trinajstić information content (AvgIpc) is 3.12. The summed E-state index contributed by atoms with van der Waals surface area (Å²) in [5.74, 6) is 1.08. The van der Waals surface area contributed by atoms with Crippen LogP contribution in [0.15, 0.2) is 33.9 Å². The number of aromatic nitrogens is 4. The van der Waals surface area contributed by atoms with Crippen molar-refractivity contribution in [3.05, 3.63) is 50.1 Å². The second-order valence-corrected chi connectivity index (χ2v) is 7.47. The van der Waals surface area contributed by atoms with Crippen molar-refractivity contribution < 1.29 is 14.6 Å². The first-order chi connectivity index (χ1) is 14.4. The third kappa shape index (κ3) is 4.07. The van der Waals surface area contributed by atoms with E-state index < -0.39 is 17.4 Å². The van der Waals surface area contributed by atoms with Crippen molar-refractivity contribution in [3.8, 4) is 5.75 Å². The molecule has 1 unspecified atom stereocenters. The Kier molecular flexibility index (Phi) is 5.80. The standard InChI is InChI=1S/C19H22ClN5O5/c1-23-16-15(17(27)22-19(23)28)25(18(21-16)24-6-8-29-9-7-24)10-13(26)11-30-14-4-2-12(20)3-5-14/h2-5,13,26H,6-11H2,1H3,(H,22,27,28). The molecule has 0 radical (unpaired) electrons. The molecule has 2 aromatic heterocycles. The van der Waals surface area contributed by atoms with E-state index in [0.717, 1.165) is 0 Å². The topological polar surface area (TPSA) is 115 Å². The quantitative estimate of drug-likeness (QED) is 0.574. The van der Waals surface area contributed by atoms with Gasteiger partial charge in [0.25, 0.3) is 5.56 Å². The van der Waals surface area contributed by atoms with Crippen molar-refractivity contribution in [2.75, 3.05) is 37.8 Å². The van der Waals surface area contributed by atoms with Crippen LogP contribution in [-0.4, -0.2) is 63.2 Å². The summed E-state index contributed by atoms with van der Waals surface area (Å²) < 4.78 is 13.9. The number of fused-ring (bicyclic) bond motifs is 1. The lowest BCUT2D eigenvalue weighted by Crippen LogP contribution is -2.39. The minimum atomic E-state index is -0.922. The van der Waals surface area contributed by atoms with Gasteiger partial charge in [-0.15, -0.1) is 0 Å². The number of hydrogen-bond acceptors (Lipinski definition) is 7. The molecule has 0 aliphatic carbocycles. The summed E-state index contributed by atoms with van der Waals surface area (Å²) in [7, 11) is 1.54. The molecular formula is C19H22ClN5O5. The van der Waals surface area contributed by atoms with Gasteiger partial charge in [-0.1, -0.05) is 11.6 Å². The van der Waals surface area contributed by atoms with Crippen LogP contribution >= 0.6 is 11.6 Å². The monoisotopic (exact) mass is 435 g/mol. The zero-order valence-electron chi connectivity index (χ0n) is 16.4. The van der Waals surface area contributed by atoms with Crippen molar-refractivity contribution in [1.29, 1.82) is 0 Å². The maximum atomic E-state index is 12.6. The summed E-state index contributed by atoms with van der Waals surface area (Å²) in [5.41, 5.74) is -0.608. The van der Waals surface area contributed by atoms with Crippen LogP contribution in [0.2, 0.25) is 5.02 Å². The van der Waals surface area contributed by atoms with Gasteiger partial charge in [-0.2, -0.15) is 4.98 Å². The molecule has 0 spiro atoms. The first-order valence-electron chi connectivity index (χ1n) is 9.52. The summed E-state index contributed by atoms with van der Waals surface area (Å²) in [4.78, 5) is 33.4. The van der Waals surface area contributed by atoms with Gasteiger partial charge >= 0.3 is 5.69 Å². The van der Waals surface area contributed by atoms with E-state index in [1.807, 2.05) is 4.90 Å². The minimum absolute atomic E-state index is 0.00747. The van der Waals surface area contributed by atoms with Crippen LogP contribution in [0.3, 0.4) is 0 Å². The molecule has 10 nitrogen and oxygen atoms in total. The number of imidazole rings is 1. The lowest BCUT2D eigenvalue weighted by molar-refractivity contribution is 0.0927. The molecule has 30 heavy (non-hydrogen) atoms. The maximum absolute atomic E-state index is 12.6. The molecule has 0 saturated carbocycles. The average molecular weight is 436 g/mol. The number of aliphatic hydroxyl groups excluding tert-OH is 1. The highest BCUT2D eigenvalue weighted by Gasteiger charge is 2.24. The number of morpholine rings is 1. The summed E-state index contributed by atoms with van der Waals surface area (Å²) >= 11 is 5.87. The normalized spacial score (nSPS) is 15.5. The Morgan fingerprint density at radius 2 is 1.97 bits per heavy atom. The van der Waals surface area contributed by atoms with E-state index in [9.17, 15) is 14.7 Å². The Bertz CT molecular complexity index is 1150. The number of benzene rings is 1. The Morgan fingerprint density at radius 1 is 1.27 bits per heavy atom. The van der Waals surface area contributed by atoms with Crippen molar-refractivity contribution in [2.24, 2.45) is 7.05 Å². The van der Waals surface area contributed by atoms with Crippen LogP contribution in [0.1, 0.15) is 0 Å². The number of hydrogen-bond donors (Lipinski definition) is 2. The van der Waals surface area contributed by atoms with Crippen molar-refractivity contribution >= 4 is 28.7 Å². The third-order valence-electron chi connectivity index (χ3n) is 4.93. The smallest absolute Gasteiger partial charge is 0.329 e. The highest BCUT2D eigenvalue weighted by atomic mass is 35.5. The minimum Gasteiger partial charge on any atom is -0.491 e. The van der Waals surface area contributed by atoms with Crippen LogP contribution in [-0.2, 0) is 18.3 Å². The van der Waals surface area contributed by atoms with Gasteiger partial charge in [-0.25, -0.2) is 4.79 Å². The molecule has 2 N–H and O–H groups in total. The molecule has 1 atom stereocenters. The molecule has 11 heteroatoms. The summed E-state index contributed by atoms with van der Waals surface area (Å²) in [6, 6.07) is 6.81. The van der Waals surface area contributed by atoms with Gasteiger partial charge in [-0.05, 0) is 24.3 Å². The van der Waals surface area contributed by atoms with E-state index in [1.54, 1.807) is 35.9 Å². The van der Waals surface area contributed by atoms with Gasteiger partial charge in [0.05, 0.1) is 19.8 Å². The Labute approximate surface area is 176 Å². The second kappa shape index (κ2) is 8.50.